The van der Waals surface area contributed by atoms with E-state index in [4.69, 9.17) is 27.9 Å². The Kier molecular flexibility index (Phi) is 8.33. The third-order valence-corrected chi connectivity index (χ3v) is 9.07. The Morgan fingerprint density at radius 1 is 1.08 bits per heavy atom. The van der Waals surface area contributed by atoms with Crippen molar-refractivity contribution in [1.82, 2.24) is 5.06 Å². The van der Waals surface area contributed by atoms with Crippen LogP contribution in [0.1, 0.15) is 48.1 Å². The number of nitrogens with zero attached hydrogens (tertiary/aromatic N) is 1. The minimum atomic E-state index is -3.67. The fourth-order valence-corrected chi connectivity index (χ4v) is 6.28. The van der Waals surface area contributed by atoms with Crippen molar-refractivity contribution in [2.75, 3.05) is 12.4 Å². The number of sulfone groups is 1. The number of ether oxygens (including phenoxy) is 1. The van der Waals surface area contributed by atoms with Gasteiger partial charge in [0.2, 0.25) is 0 Å². The van der Waals surface area contributed by atoms with E-state index in [1.165, 1.54) is 36.4 Å². The highest BCUT2D eigenvalue weighted by atomic mass is 35.5. The quantitative estimate of drug-likeness (QED) is 0.243. The average molecular weight is 564 g/mol. The molecule has 2 amide bonds. The van der Waals surface area contributed by atoms with Gasteiger partial charge < -0.3 is 10.1 Å². The van der Waals surface area contributed by atoms with E-state index in [1.54, 1.807) is 25.1 Å². The topological polar surface area (TPSA) is 95.9 Å². The number of urea groups is 1. The van der Waals surface area contributed by atoms with Gasteiger partial charge in [0.1, 0.15) is 5.75 Å². The zero-order valence-electron chi connectivity index (χ0n) is 20.5. The molecule has 10 heteroatoms. The number of hydrogen-bond acceptors (Lipinski definition) is 5. The number of halogens is 2. The van der Waals surface area contributed by atoms with Crippen LogP contribution >= 0.6 is 23.2 Å². The summed E-state index contributed by atoms with van der Waals surface area (Å²) in [7, 11) is -2.30. The fourth-order valence-electron chi connectivity index (χ4n) is 4.47. The predicted molar refractivity (Wildman–Crippen MR) is 144 cm³/mol. The molecule has 0 aromatic heterocycles. The molecule has 1 unspecified atom stereocenters. The lowest BCUT2D eigenvalue weighted by atomic mass is 9.91. The Hall–Kier alpha value is -2.78. The molecule has 1 atom stereocenters. The van der Waals surface area contributed by atoms with Crippen molar-refractivity contribution >= 4 is 44.8 Å². The van der Waals surface area contributed by atoms with E-state index in [2.05, 4.69) is 5.32 Å². The van der Waals surface area contributed by atoms with Gasteiger partial charge in [-0.05, 0) is 73.1 Å². The second kappa shape index (κ2) is 11.3. The van der Waals surface area contributed by atoms with Crippen molar-refractivity contribution in [2.45, 2.75) is 49.3 Å². The summed E-state index contributed by atoms with van der Waals surface area (Å²) in [6, 6.07) is 13.3. The van der Waals surface area contributed by atoms with Gasteiger partial charge >= 0.3 is 6.03 Å². The number of hydrogen-bond donors (Lipinski definition) is 2. The summed E-state index contributed by atoms with van der Waals surface area (Å²) in [6.07, 6.45) is 4.27. The molecule has 0 bridgehead atoms. The number of anilines is 1. The number of benzene rings is 3. The van der Waals surface area contributed by atoms with Crippen LogP contribution in [-0.4, -0.2) is 31.8 Å². The maximum absolute atomic E-state index is 13.2. The molecule has 3 aromatic rings. The first-order chi connectivity index (χ1) is 17.6. The molecule has 196 valence electrons. The van der Waals surface area contributed by atoms with Crippen LogP contribution in [0.4, 0.5) is 10.5 Å². The minimum absolute atomic E-state index is 0.0694. The molecule has 3 aromatic carbocycles. The molecule has 7 nitrogen and oxygen atoms in total. The number of aryl methyl sites for hydroxylation is 2. The normalized spacial score (nSPS) is 14.0. The number of methoxy groups -OCH3 is 1. The van der Waals surface area contributed by atoms with Crippen molar-refractivity contribution in [3.05, 3.63) is 86.9 Å². The SMILES string of the molecule is COc1cc(S(=O)(=O)Cc2ccc3c(c2)CCCC3)ccc1NC(=O)N(O)C(C)c1cccc(Cl)c1Cl. The molecular weight excluding hydrogens is 535 g/mol. The van der Waals surface area contributed by atoms with Crippen LogP contribution < -0.4 is 10.1 Å². The van der Waals surface area contributed by atoms with Crippen LogP contribution in [0.5, 0.6) is 5.75 Å². The van der Waals surface area contributed by atoms with E-state index in [9.17, 15) is 18.4 Å². The van der Waals surface area contributed by atoms with Gasteiger partial charge in [0.25, 0.3) is 0 Å². The Labute approximate surface area is 226 Å². The van der Waals surface area contributed by atoms with E-state index < -0.39 is 21.9 Å². The molecule has 0 saturated carbocycles. The van der Waals surface area contributed by atoms with Gasteiger partial charge in [-0.3, -0.25) is 5.21 Å². The van der Waals surface area contributed by atoms with Gasteiger partial charge in [-0.1, -0.05) is 53.5 Å². The van der Waals surface area contributed by atoms with Crippen molar-refractivity contribution in [3.63, 3.8) is 0 Å². The summed E-state index contributed by atoms with van der Waals surface area (Å²) in [4.78, 5) is 12.8. The number of nitrogens with one attached hydrogen (secondary N) is 1. The number of amides is 2. The lowest BCUT2D eigenvalue weighted by Crippen LogP contribution is -2.34. The van der Waals surface area contributed by atoms with Gasteiger partial charge in [-0.15, -0.1) is 0 Å². The highest BCUT2D eigenvalue weighted by Gasteiger charge is 2.25. The summed E-state index contributed by atoms with van der Waals surface area (Å²) in [5.74, 6) is -0.000932. The van der Waals surface area contributed by atoms with Crippen molar-refractivity contribution in [1.29, 1.82) is 0 Å². The standard InChI is InChI=1S/C27H28Cl2N2O5S/c1-17(22-8-5-9-23(28)26(22)29)31(33)27(32)30-24-13-12-21(15-25(24)36-2)37(34,35)16-18-10-11-19-6-3-4-7-20(19)14-18/h5,8-15,17,33H,3-4,6-7,16H2,1-2H3,(H,30,32). The molecule has 37 heavy (non-hydrogen) atoms. The second-order valence-corrected chi connectivity index (χ2v) is 11.8. The third kappa shape index (κ3) is 6.04. The zero-order chi connectivity index (χ0) is 26.7. The number of carbonyl (C=O) groups excluding carboxylic acids is 1. The van der Waals surface area contributed by atoms with E-state index in [0.29, 0.717) is 15.6 Å². The smallest absolute Gasteiger partial charge is 0.346 e. The molecule has 0 radical (unpaired) electrons. The summed E-state index contributed by atoms with van der Waals surface area (Å²) >= 11 is 12.3. The Bertz CT molecular complexity index is 1430. The lowest BCUT2D eigenvalue weighted by Gasteiger charge is -2.24. The first-order valence-corrected chi connectivity index (χ1v) is 14.3. The largest absolute Gasteiger partial charge is 0.495 e. The van der Waals surface area contributed by atoms with E-state index in [0.717, 1.165) is 31.2 Å². The van der Waals surface area contributed by atoms with Gasteiger partial charge in [-0.2, -0.15) is 5.06 Å². The summed E-state index contributed by atoms with van der Waals surface area (Å²) in [5.41, 5.74) is 3.91. The Balaban J connectivity index is 1.50. The fraction of sp³-hybridized carbons (Fsp3) is 0.296. The van der Waals surface area contributed by atoms with Crippen molar-refractivity contribution < 1.29 is 23.2 Å². The minimum Gasteiger partial charge on any atom is -0.495 e. The van der Waals surface area contributed by atoms with Crippen LogP contribution in [0.25, 0.3) is 0 Å². The monoisotopic (exact) mass is 562 g/mol. The first kappa shape index (κ1) is 27.3. The average Bonchev–Trinajstić information content (AvgIpc) is 2.89. The van der Waals surface area contributed by atoms with E-state index >= 15 is 0 Å². The van der Waals surface area contributed by atoms with E-state index in [1.807, 2.05) is 18.2 Å². The Morgan fingerprint density at radius 2 is 1.81 bits per heavy atom. The summed E-state index contributed by atoms with van der Waals surface area (Å²) in [5, 5.41) is 14.1. The van der Waals surface area contributed by atoms with Gasteiger partial charge in [0.15, 0.2) is 9.84 Å². The van der Waals surface area contributed by atoms with Crippen LogP contribution in [0.2, 0.25) is 10.0 Å². The van der Waals surface area contributed by atoms with Crippen molar-refractivity contribution in [2.24, 2.45) is 0 Å². The zero-order valence-corrected chi connectivity index (χ0v) is 22.8. The third-order valence-electron chi connectivity index (χ3n) is 6.55. The molecule has 0 heterocycles. The van der Waals surface area contributed by atoms with Gasteiger partial charge in [0, 0.05) is 6.07 Å². The van der Waals surface area contributed by atoms with Crippen LogP contribution in [0.15, 0.2) is 59.5 Å². The maximum Gasteiger partial charge on any atom is 0.346 e. The number of carbonyl (C=O) groups is 1. The van der Waals surface area contributed by atoms with Crippen molar-refractivity contribution in [3.8, 4) is 5.75 Å². The highest BCUT2D eigenvalue weighted by Crippen LogP contribution is 2.34. The molecule has 4 rings (SSSR count). The van der Waals surface area contributed by atoms with Gasteiger partial charge in [0.05, 0.1) is 39.5 Å². The molecular formula is C27H28Cl2N2O5S. The molecule has 0 spiro atoms. The number of hydroxylamine groups is 2. The predicted octanol–water partition coefficient (Wildman–Crippen LogP) is 6.84. The van der Waals surface area contributed by atoms with Crippen LogP contribution in [0.3, 0.4) is 0 Å². The lowest BCUT2D eigenvalue weighted by molar-refractivity contribution is -0.0690. The van der Waals surface area contributed by atoms with Crippen LogP contribution in [-0.2, 0) is 28.4 Å². The number of rotatable bonds is 7. The molecule has 2 N–H and O–H groups in total. The molecule has 1 aliphatic rings. The summed E-state index contributed by atoms with van der Waals surface area (Å²) in [6.45, 7) is 1.59. The molecule has 0 aliphatic heterocycles. The molecule has 0 saturated heterocycles. The van der Waals surface area contributed by atoms with Gasteiger partial charge in [-0.25, -0.2) is 13.2 Å². The maximum atomic E-state index is 13.2. The second-order valence-electron chi connectivity index (χ2n) is 9.03. The van der Waals surface area contributed by atoms with Crippen LogP contribution in [0, 0.1) is 0 Å². The highest BCUT2D eigenvalue weighted by molar-refractivity contribution is 7.90. The Morgan fingerprint density at radius 3 is 2.54 bits per heavy atom. The molecule has 0 fully saturated rings. The first-order valence-electron chi connectivity index (χ1n) is 11.8. The number of fused-ring (bicyclic) bond motifs is 1. The summed E-state index contributed by atoms with van der Waals surface area (Å²) < 4.78 is 31.7. The van der Waals surface area contributed by atoms with E-state index in [-0.39, 0.29) is 27.1 Å². The molecule has 1 aliphatic carbocycles.